The van der Waals surface area contributed by atoms with E-state index in [1.807, 2.05) is 6.92 Å². The van der Waals surface area contributed by atoms with E-state index in [-0.39, 0.29) is 23.6 Å². The van der Waals surface area contributed by atoms with Crippen LogP contribution < -0.4 is 5.32 Å². The fraction of sp³-hybridized carbons (Fsp3) is 0.400. The minimum atomic E-state index is -4.89. The van der Waals surface area contributed by atoms with E-state index in [4.69, 9.17) is 16.0 Å². The van der Waals surface area contributed by atoms with Crippen LogP contribution in [0.25, 0.3) is 4.85 Å². The summed E-state index contributed by atoms with van der Waals surface area (Å²) >= 11 is 0. The first-order valence-corrected chi connectivity index (χ1v) is 8.73. The Morgan fingerprint density at radius 1 is 1.28 bits per heavy atom. The number of hydrogen-bond acceptors (Lipinski definition) is 4. The van der Waals surface area contributed by atoms with E-state index >= 15 is 0 Å². The van der Waals surface area contributed by atoms with E-state index in [1.54, 1.807) is 0 Å². The predicted octanol–water partition coefficient (Wildman–Crippen LogP) is 4.54. The van der Waals surface area contributed by atoms with E-state index < -0.39 is 35.0 Å². The average Bonchev–Trinajstić information content (AvgIpc) is 2.67. The van der Waals surface area contributed by atoms with Crippen molar-refractivity contribution in [2.45, 2.75) is 31.9 Å². The highest BCUT2D eigenvalue weighted by molar-refractivity contribution is 5.93. The summed E-state index contributed by atoms with van der Waals surface area (Å²) < 4.78 is 64.6. The molecule has 9 heteroatoms. The zero-order chi connectivity index (χ0) is 21.8. The van der Waals surface area contributed by atoms with Gasteiger partial charge in [0.2, 0.25) is 0 Å². The van der Waals surface area contributed by atoms with Crippen LogP contribution in [0.4, 0.5) is 17.6 Å². The van der Waals surface area contributed by atoms with Crippen LogP contribution in [0.5, 0.6) is 0 Å². The summed E-state index contributed by atoms with van der Waals surface area (Å²) in [5.41, 5.74) is -1.28. The first-order chi connectivity index (χ1) is 13.7. The molecule has 1 aliphatic heterocycles. The molecule has 2 rings (SSSR count). The normalized spacial score (nSPS) is 17.1. The summed E-state index contributed by atoms with van der Waals surface area (Å²) in [6.45, 7) is 9.31. The van der Waals surface area contributed by atoms with Gasteiger partial charge in [0.05, 0.1) is 43.0 Å². The third-order valence-corrected chi connectivity index (χ3v) is 4.44. The van der Waals surface area contributed by atoms with Crippen molar-refractivity contribution in [2.24, 2.45) is 0 Å². The standard InChI is InChI=1S/C20H20F4N2O3/c1-5-6-14-18(25-2)16(17(19(27)29-4)15(26-14)10-28-3)12-8-7-11(21)9-13(12)20(22,23)24/h7-9,16,26H,5-6,10H2,1,3-4H3. The Kier molecular flexibility index (Phi) is 7.03. The molecule has 1 unspecified atom stereocenters. The minimum Gasteiger partial charge on any atom is -0.466 e. The van der Waals surface area contributed by atoms with Crippen molar-refractivity contribution in [2.75, 3.05) is 20.8 Å². The van der Waals surface area contributed by atoms with Gasteiger partial charge in [-0.25, -0.2) is 14.0 Å². The molecule has 0 aromatic heterocycles. The van der Waals surface area contributed by atoms with Crippen molar-refractivity contribution in [3.8, 4) is 0 Å². The molecule has 0 bridgehead atoms. The Hall–Kier alpha value is -2.86. The van der Waals surface area contributed by atoms with Gasteiger partial charge in [-0.05, 0) is 24.1 Å². The van der Waals surface area contributed by atoms with Crippen LogP contribution in [0.3, 0.4) is 0 Å². The smallest absolute Gasteiger partial charge is 0.416 e. The van der Waals surface area contributed by atoms with Gasteiger partial charge >= 0.3 is 12.1 Å². The predicted molar refractivity (Wildman–Crippen MR) is 96.7 cm³/mol. The quantitative estimate of drug-likeness (QED) is 0.424. The fourth-order valence-corrected chi connectivity index (χ4v) is 3.31. The van der Waals surface area contributed by atoms with Crippen molar-refractivity contribution < 1.29 is 31.8 Å². The van der Waals surface area contributed by atoms with Crippen molar-refractivity contribution in [1.82, 2.24) is 5.32 Å². The molecule has 0 aliphatic carbocycles. The number of nitrogens with one attached hydrogen (secondary N) is 1. The number of ether oxygens (including phenoxy) is 2. The summed E-state index contributed by atoms with van der Waals surface area (Å²) in [4.78, 5) is 16.0. The summed E-state index contributed by atoms with van der Waals surface area (Å²) in [7, 11) is 2.46. The number of carbonyl (C=O) groups is 1. The summed E-state index contributed by atoms with van der Waals surface area (Å²) in [5, 5.41) is 2.96. The number of rotatable bonds is 6. The molecule has 0 fully saturated rings. The lowest BCUT2D eigenvalue weighted by Crippen LogP contribution is -2.32. The number of dihydropyridines is 1. The van der Waals surface area contributed by atoms with Gasteiger partial charge in [-0.3, -0.25) is 0 Å². The number of benzene rings is 1. The van der Waals surface area contributed by atoms with Gasteiger partial charge in [-0.15, -0.1) is 0 Å². The molecule has 0 spiro atoms. The summed E-state index contributed by atoms with van der Waals surface area (Å²) in [5.74, 6) is -3.34. The van der Waals surface area contributed by atoms with E-state index in [9.17, 15) is 22.4 Å². The van der Waals surface area contributed by atoms with Crippen LogP contribution in [0.1, 0.15) is 36.8 Å². The lowest BCUT2D eigenvalue weighted by atomic mass is 9.81. The maximum Gasteiger partial charge on any atom is 0.416 e. The molecule has 1 aromatic rings. The maximum absolute atomic E-state index is 13.7. The topological polar surface area (TPSA) is 51.9 Å². The number of methoxy groups -OCH3 is 2. The first kappa shape index (κ1) is 22.4. The molecular formula is C20H20F4N2O3. The molecule has 1 atom stereocenters. The van der Waals surface area contributed by atoms with Crippen LogP contribution in [0.2, 0.25) is 0 Å². The number of nitrogens with zero attached hydrogens (tertiary/aromatic N) is 1. The molecule has 1 aromatic carbocycles. The third-order valence-electron chi connectivity index (χ3n) is 4.44. The zero-order valence-corrected chi connectivity index (χ0v) is 16.1. The van der Waals surface area contributed by atoms with Crippen LogP contribution >= 0.6 is 0 Å². The van der Waals surface area contributed by atoms with Gasteiger partial charge in [-0.1, -0.05) is 19.4 Å². The van der Waals surface area contributed by atoms with Gasteiger partial charge in [0, 0.05) is 12.8 Å². The van der Waals surface area contributed by atoms with E-state index in [1.165, 1.54) is 7.11 Å². The highest BCUT2D eigenvalue weighted by atomic mass is 19.4. The van der Waals surface area contributed by atoms with Crippen LogP contribution in [-0.2, 0) is 20.4 Å². The Morgan fingerprint density at radius 3 is 2.48 bits per heavy atom. The molecule has 5 nitrogen and oxygen atoms in total. The monoisotopic (exact) mass is 412 g/mol. The molecule has 29 heavy (non-hydrogen) atoms. The Morgan fingerprint density at radius 2 is 1.97 bits per heavy atom. The zero-order valence-electron chi connectivity index (χ0n) is 16.1. The highest BCUT2D eigenvalue weighted by Crippen LogP contribution is 2.45. The summed E-state index contributed by atoms with van der Waals surface area (Å²) in [6.07, 6.45) is -3.90. The van der Waals surface area contributed by atoms with Gasteiger partial charge < -0.3 is 14.8 Å². The lowest BCUT2D eigenvalue weighted by molar-refractivity contribution is -0.139. The number of esters is 1. The van der Waals surface area contributed by atoms with Crippen molar-refractivity contribution >= 4 is 5.97 Å². The lowest BCUT2D eigenvalue weighted by Gasteiger charge is -2.31. The van der Waals surface area contributed by atoms with Gasteiger partial charge in [-0.2, -0.15) is 13.2 Å². The Bertz CT molecular complexity index is 898. The first-order valence-electron chi connectivity index (χ1n) is 8.73. The molecule has 1 heterocycles. The SMILES string of the molecule is [C-]#[N+]C1=C(CCC)NC(COC)=C(C(=O)OC)C1c1ccc(F)cc1C(F)(F)F. The molecule has 156 valence electrons. The fourth-order valence-electron chi connectivity index (χ4n) is 3.31. The average molecular weight is 412 g/mol. The van der Waals surface area contributed by atoms with Crippen molar-refractivity contribution in [1.29, 1.82) is 0 Å². The van der Waals surface area contributed by atoms with Crippen LogP contribution in [-0.4, -0.2) is 26.8 Å². The van der Waals surface area contributed by atoms with Crippen LogP contribution in [0, 0.1) is 12.4 Å². The molecule has 0 saturated carbocycles. The second-order valence-corrected chi connectivity index (χ2v) is 6.33. The number of alkyl halides is 3. The molecular weight excluding hydrogens is 392 g/mol. The van der Waals surface area contributed by atoms with Crippen molar-refractivity contribution in [3.63, 3.8) is 0 Å². The number of carbonyl (C=O) groups excluding carboxylic acids is 1. The third kappa shape index (κ3) is 4.59. The molecule has 1 aliphatic rings. The molecule has 0 amide bonds. The number of hydrogen-bond donors (Lipinski definition) is 1. The Labute approximate surface area is 165 Å². The van der Waals surface area contributed by atoms with Crippen molar-refractivity contribution in [3.05, 3.63) is 69.2 Å². The van der Waals surface area contributed by atoms with E-state index in [0.717, 1.165) is 19.2 Å². The summed E-state index contributed by atoms with van der Waals surface area (Å²) in [6, 6.07) is 2.19. The Balaban J connectivity index is 2.88. The van der Waals surface area contributed by atoms with Gasteiger partial charge in [0.25, 0.3) is 0 Å². The van der Waals surface area contributed by atoms with Gasteiger partial charge in [0.15, 0.2) is 5.70 Å². The van der Waals surface area contributed by atoms with Crippen LogP contribution in [0.15, 0.2) is 40.9 Å². The number of allylic oxidation sites excluding steroid dienone is 2. The molecule has 1 N–H and O–H groups in total. The minimum absolute atomic E-state index is 0.0655. The second kappa shape index (κ2) is 9.09. The highest BCUT2D eigenvalue weighted by Gasteiger charge is 2.42. The second-order valence-electron chi connectivity index (χ2n) is 6.33. The van der Waals surface area contributed by atoms with E-state index in [0.29, 0.717) is 24.6 Å². The van der Waals surface area contributed by atoms with Gasteiger partial charge in [0.1, 0.15) is 5.82 Å². The molecule has 0 saturated heterocycles. The maximum atomic E-state index is 13.7. The molecule has 0 radical (unpaired) electrons. The number of halogens is 4. The van der Waals surface area contributed by atoms with E-state index in [2.05, 4.69) is 10.2 Å². The largest absolute Gasteiger partial charge is 0.466 e.